The molecular formula is C10H15IO4. The summed E-state index contributed by atoms with van der Waals surface area (Å²) in [5.74, 6) is -0.579. The van der Waals surface area contributed by atoms with Crippen LogP contribution in [0.25, 0.3) is 0 Å². The summed E-state index contributed by atoms with van der Waals surface area (Å²) in [7, 11) is 0. The number of esters is 2. The topological polar surface area (TPSA) is 52.6 Å². The first-order valence-electron chi connectivity index (χ1n) is 4.95. The number of cyclic esters (lactones) is 1. The Morgan fingerprint density at radius 2 is 2.40 bits per heavy atom. The van der Waals surface area contributed by atoms with Gasteiger partial charge in [-0.2, -0.15) is 0 Å². The Bertz CT molecular complexity index is 279. The number of alkyl halides is 1. The van der Waals surface area contributed by atoms with Crippen LogP contribution in [0.5, 0.6) is 0 Å². The van der Waals surface area contributed by atoms with Crippen LogP contribution in [0.3, 0.4) is 0 Å². The molecule has 4 nitrogen and oxygen atoms in total. The minimum atomic E-state index is -0.799. The van der Waals surface area contributed by atoms with Gasteiger partial charge >= 0.3 is 11.9 Å². The van der Waals surface area contributed by atoms with Crippen LogP contribution in [-0.2, 0) is 19.1 Å². The zero-order valence-corrected chi connectivity index (χ0v) is 11.2. The second-order valence-electron chi connectivity index (χ2n) is 3.92. The highest BCUT2D eigenvalue weighted by atomic mass is 127. The van der Waals surface area contributed by atoms with Crippen LogP contribution < -0.4 is 0 Å². The molecule has 1 rings (SSSR count). The fraction of sp³-hybridized carbons (Fsp3) is 0.800. The maximum absolute atomic E-state index is 11.6. The Morgan fingerprint density at radius 3 is 2.80 bits per heavy atom. The molecule has 0 bridgehead atoms. The third-order valence-electron chi connectivity index (χ3n) is 2.61. The number of hydrogen-bond donors (Lipinski definition) is 0. The van der Waals surface area contributed by atoms with Crippen molar-refractivity contribution in [2.75, 3.05) is 0 Å². The molecule has 86 valence electrons. The molecule has 3 unspecified atom stereocenters. The quantitative estimate of drug-likeness (QED) is 0.451. The maximum atomic E-state index is 11.6. The standard InChI is InChI=1S/C10H15IO4/c1-4-7(11)9(13)15-10(3)5-8(12)14-6(10)2/h6-7H,4-5H2,1-3H3. The first-order valence-corrected chi connectivity index (χ1v) is 6.20. The van der Waals surface area contributed by atoms with Crippen LogP contribution in [0.1, 0.15) is 33.6 Å². The molecule has 0 aromatic heterocycles. The van der Waals surface area contributed by atoms with E-state index in [1.165, 1.54) is 0 Å². The fourth-order valence-corrected chi connectivity index (χ4v) is 1.50. The minimum Gasteiger partial charge on any atom is -0.458 e. The predicted molar refractivity (Wildman–Crippen MR) is 62.8 cm³/mol. The van der Waals surface area contributed by atoms with E-state index >= 15 is 0 Å². The van der Waals surface area contributed by atoms with Gasteiger partial charge in [-0.05, 0) is 20.3 Å². The summed E-state index contributed by atoms with van der Waals surface area (Å²) >= 11 is 2.04. The monoisotopic (exact) mass is 326 g/mol. The van der Waals surface area contributed by atoms with Gasteiger partial charge in [0.15, 0.2) is 5.60 Å². The van der Waals surface area contributed by atoms with E-state index in [0.717, 1.165) is 6.42 Å². The van der Waals surface area contributed by atoms with E-state index in [2.05, 4.69) is 0 Å². The molecule has 1 saturated heterocycles. The van der Waals surface area contributed by atoms with Crippen molar-refractivity contribution in [3.8, 4) is 0 Å². The lowest BCUT2D eigenvalue weighted by molar-refractivity contribution is -0.162. The van der Waals surface area contributed by atoms with Gasteiger partial charge in [-0.25, -0.2) is 0 Å². The maximum Gasteiger partial charge on any atom is 0.319 e. The summed E-state index contributed by atoms with van der Waals surface area (Å²) in [5, 5.41) is 0. The number of halogens is 1. The van der Waals surface area contributed by atoms with E-state index in [4.69, 9.17) is 9.47 Å². The number of ether oxygens (including phenoxy) is 2. The highest BCUT2D eigenvalue weighted by Gasteiger charge is 2.46. The van der Waals surface area contributed by atoms with Gasteiger partial charge in [-0.3, -0.25) is 9.59 Å². The molecule has 0 aromatic rings. The largest absolute Gasteiger partial charge is 0.458 e. The van der Waals surface area contributed by atoms with Crippen LogP contribution in [0, 0.1) is 0 Å². The van der Waals surface area contributed by atoms with Crippen molar-refractivity contribution in [3.63, 3.8) is 0 Å². The van der Waals surface area contributed by atoms with Gasteiger partial charge in [0.05, 0.1) is 6.42 Å². The first-order chi connectivity index (χ1) is 6.89. The molecule has 0 saturated carbocycles. The molecule has 5 heteroatoms. The van der Waals surface area contributed by atoms with Gasteiger partial charge in [-0.15, -0.1) is 0 Å². The third kappa shape index (κ3) is 2.83. The Morgan fingerprint density at radius 1 is 1.80 bits per heavy atom. The Hall–Kier alpha value is -0.330. The highest BCUT2D eigenvalue weighted by molar-refractivity contribution is 14.1. The van der Waals surface area contributed by atoms with Crippen LogP contribution in [-0.4, -0.2) is 27.6 Å². The van der Waals surface area contributed by atoms with E-state index < -0.39 is 5.60 Å². The number of carbonyl (C=O) groups is 2. The molecule has 0 N–H and O–H groups in total. The normalized spacial score (nSPS) is 32.3. The molecule has 0 amide bonds. The lowest BCUT2D eigenvalue weighted by atomic mass is 9.99. The summed E-state index contributed by atoms with van der Waals surface area (Å²) in [6, 6.07) is 0. The summed E-state index contributed by atoms with van der Waals surface area (Å²) in [6.07, 6.45) is 0.500. The first kappa shape index (κ1) is 12.7. The van der Waals surface area contributed by atoms with Gasteiger partial charge in [0.25, 0.3) is 0 Å². The zero-order chi connectivity index (χ0) is 11.6. The van der Waals surface area contributed by atoms with Gasteiger partial charge in [-0.1, -0.05) is 29.5 Å². The van der Waals surface area contributed by atoms with E-state index in [9.17, 15) is 9.59 Å². The molecule has 1 aliphatic heterocycles. The van der Waals surface area contributed by atoms with E-state index in [0.29, 0.717) is 0 Å². The number of rotatable bonds is 3. The SMILES string of the molecule is CCC(I)C(=O)OC1(C)CC(=O)OC1C. The molecule has 1 aliphatic rings. The fourth-order valence-electron chi connectivity index (χ4n) is 1.37. The highest BCUT2D eigenvalue weighted by Crippen LogP contribution is 2.31. The zero-order valence-electron chi connectivity index (χ0n) is 9.08. The molecule has 15 heavy (non-hydrogen) atoms. The number of carbonyl (C=O) groups excluding carboxylic acids is 2. The summed E-state index contributed by atoms with van der Waals surface area (Å²) in [6.45, 7) is 5.40. The average molecular weight is 326 g/mol. The van der Waals surface area contributed by atoms with E-state index in [1.54, 1.807) is 13.8 Å². The van der Waals surface area contributed by atoms with Gasteiger partial charge in [0.2, 0.25) is 0 Å². The van der Waals surface area contributed by atoms with E-state index in [1.807, 2.05) is 29.5 Å². The van der Waals surface area contributed by atoms with Crippen molar-refractivity contribution < 1.29 is 19.1 Å². The lowest BCUT2D eigenvalue weighted by Gasteiger charge is -2.27. The van der Waals surface area contributed by atoms with Crippen molar-refractivity contribution in [1.29, 1.82) is 0 Å². The minimum absolute atomic E-state index is 0.146. The van der Waals surface area contributed by atoms with Crippen molar-refractivity contribution in [2.45, 2.75) is 49.2 Å². The molecule has 1 heterocycles. The number of hydrogen-bond acceptors (Lipinski definition) is 4. The van der Waals surface area contributed by atoms with Gasteiger partial charge in [0.1, 0.15) is 10.0 Å². The summed E-state index contributed by atoms with van der Waals surface area (Å²) < 4.78 is 10.1. The van der Waals surface area contributed by atoms with Crippen LogP contribution >= 0.6 is 22.6 Å². The molecule has 1 fully saturated rings. The van der Waals surface area contributed by atoms with Gasteiger partial charge < -0.3 is 9.47 Å². The summed E-state index contributed by atoms with van der Waals surface area (Å²) in [5.41, 5.74) is -0.799. The van der Waals surface area contributed by atoms with Gasteiger partial charge in [0, 0.05) is 0 Å². The average Bonchev–Trinajstić information content (AvgIpc) is 2.38. The Balaban J connectivity index is 2.64. The van der Waals surface area contributed by atoms with Crippen molar-refractivity contribution in [1.82, 2.24) is 0 Å². The molecule has 0 radical (unpaired) electrons. The smallest absolute Gasteiger partial charge is 0.319 e. The van der Waals surface area contributed by atoms with E-state index in [-0.39, 0.29) is 28.4 Å². The lowest BCUT2D eigenvalue weighted by Crippen LogP contribution is -2.40. The Kier molecular flexibility index (Phi) is 3.97. The molecule has 0 aliphatic carbocycles. The summed E-state index contributed by atoms with van der Waals surface area (Å²) in [4.78, 5) is 22.7. The van der Waals surface area contributed by atoms with Crippen LogP contribution in [0.2, 0.25) is 0 Å². The van der Waals surface area contributed by atoms with Crippen molar-refractivity contribution >= 4 is 34.5 Å². The molecule has 0 spiro atoms. The second-order valence-corrected chi connectivity index (χ2v) is 5.42. The molecule has 3 atom stereocenters. The van der Waals surface area contributed by atoms with Crippen molar-refractivity contribution in [3.05, 3.63) is 0 Å². The Labute approximate surface area is 103 Å². The third-order valence-corrected chi connectivity index (χ3v) is 4.00. The second kappa shape index (κ2) is 4.67. The van der Waals surface area contributed by atoms with Crippen LogP contribution in [0.4, 0.5) is 0 Å². The molecule has 0 aromatic carbocycles. The predicted octanol–water partition coefficient (Wildman–Crippen LogP) is 1.84. The van der Waals surface area contributed by atoms with Crippen molar-refractivity contribution in [2.24, 2.45) is 0 Å². The van der Waals surface area contributed by atoms with Crippen LogP contribution in [0.15, 0.2) is 0 Å². The molecular weight excluding hydrogens is 311 g/mol.